The van der Waals surface area contributed by atoms with E-state index in [0.717, 1.165) is 32.3 Å². The van der Waals surface area contributed by atoms with Gasteiger partial charge in [-0.3, -0.25) is 9.59 Å². The highest BCUT2D eigenvalue weighted by Crippen LogP contribution is 2.14. The van der Waals surface area contributed by atoms with Gasteiger partial charge in [0.2, 0.25) is 0 Å². The summed E-state index contributed by atoms with van der Waals surface area (Å²) in [4.78, 5) is 34.3. The monoisotopic (exact) mass is 320 g/mol. The average Bonchev–Trinajstić information content (AvgIpc) is 2.81. The second-order valence-electron chi connectivity index (χ2n) is 6.26. The second-order valence-corrected chi connectivity index (χ2v) is 6.26. The van der Waals surface area contributed by atoms with Crippen LogP contribution >= 0.6 is 0 Å². The number of amides is 1. The molecule has 0 bridgehead atoms. The number of hydrogen-bond acceptors (Lipinski definition) is 5. The Labute approximate surface area is 135 Å². The zero-order valence-electron chi connectivity index (χ0n) is 13.4. The van der Waals surface area contributed by atoms with E-state index in [2.05, 4.69) is 14.9 Å². The number of H-pyrrole nitrogens is 1. The molecule has 0 radical (unpaired) electrons. The Morgan fingerprint density at radius 3 is 2.83 bits per heavy atom. The Balaban J connectivity index is 1.62. The summed E-state index contributed by atoms with van der Waals surface area (Å²) in [6.45, 7) is 5.04. The molecule has 1 aromatic heterocycles. The van der Waals surface area contributed by atoms with E-state index in [1.54, 1.807) is 4.90 Å². The highest BCUT2D eigenvalue weighted by molar-refractivity contribution is 5.92. The molecule has 7 heteroatoms. The van der Waals surface area contributed by atoms with Gasteiger partial charge in [0.1, 0.15) is 5.69 Å². The van der Waals surface area contributed by atoms with Crippen molar-refractivity contribution < 1.29 is 9.53 Å². The van der Waals surface area contributed by atoms with Crippen molar-refractivity contribution in [3.8, 4) is 0 Å². The first-order chi connectivity index (χ1) is 11.2. The Morgan fingerprint density at radius 2 is 2.09 bits per heavy atom. The van der Waals surface area contributed by atoms with E-state index in [1.807, 2.05) is 0 Å². The lowest BCUT2D eigenvalue weighted by molar-refractivity contribution is 0.0215. The van der Waals surface area contributed by atoms with E-state index in [0.29, 0.717) is 19.7 Å². The molecule has 1 amide bonds. The van der Waals surface area contributed by atoms with Crippen LogP contribution in [0.15, 0.2) is 17.2 Å². The van der Waals surface area contributed by atoms with Gasteiger partial charge in [-0.05, 0) is 32.4 Å². The fourth-order valence-corrected chi connectivity index (χ4v) is 3.24. The number of aromatic amines is 1. The van der Waals surface area contributed by atoms with Gasteiger partial charge in [-0.2, -0.15) is 0 Å². The minimum Gasteiger partial charge on any atom is -0.375 e. The maximum Gasteiger partial charge on any atom is 0.274 e. The van der Waals surface area contributed by atoms with Crippen LogP contribution in [0, 0.1) is 0 Å². The molecule has 0 aliphatic carbocycles. The average molecular weight is 320 g/mol. The van der Waals surface area contributed by atoms with Gasteiger partial charge in [-0.15, -0.1) is 0 Å². The summed E-state index contributed by atoms with van der Waals surface area (Å²) < 4.78 is 5.93. The Hall–Kier alpha value is -1.73. The highest BCUT2D eigenvalue weighted by atomic mass is 16.5. The molecule has 2 fully saturated rings. The molecular formula is C16H24N4O3. The Morgan fingerprint density at radius 1 is 1.26 bits per heavy atom. The number of ether oxygens (including phenoxy) is 1. The third kappa shape index (κ3) is 4.39. The van der Waals surface area contributed by atoms with Gasteiger partial charge in [0.25, 0.3) is 11.5 Å². The van der Waals surface area contributed by atoms with E-state index in [9.17, 15) is 9.59 Å². The molecule has 3 rings (SSSR count). The van der Waals surface area contributed by atoms with E-state index in [1.165, 1.54) is 25.5 Å². The largest absolute Gasteiger partial charge is 0.375 e. The molecule has 1 N–H and O–H groups in total. The zero-order chi connectivity index (χ0) is 16.1. The summed E-state index contributed by atoms with van der Waals surface area (Å²) in [5, 5.41) is 0. The predicted molar refractivity (Wildman–Crippen MR) is 85.4 cm³/mol. The van der Waals surface area contributed by atoms with Crippen molar-refractivity contribution in [3.05, 3.63) is 28.4 Å². The van der Waals surface area contributed by atoms with Crippen LogP contribution < -0.4 is 5.56 Å². The molecule has 0 aromatic carbocycles. The third-order valence-electron chi connectivity index (χ3n) is 4.44. The van der Waals surface area contributed by atoms with Crippen LogP contribution in [0.2, 0.25) is 0 Å². The minimum atomic E-state index is -0.302. The van der Waals surface area contributed by atoms with Crippen molar-refractivity contribution in [2.45, 2.75) is 31.8 Å². The lowest BCUT2D eigenvalue weighted by Gasteiger charge is -2.31. The number of likely N-dealkylation sites (tertiary alicyclic amines) is 1. The molecule has 2 aliphatic rings. The van der Waals surface area contributed by atoms with Gasteiger partial charge in [0.15, 0.2) is 0 Å². The molecule has 3 heterocycles. The molecule has 1 aromatic rings. The van der Waals surface area contributed by atoms with Crippen molar-refractivity contribution in [3.63, 3.8) is 0 Å². The number of carbonyl (C=O) groups is 1. The van der Waals surface area contributed by atoms with E-state index < -0.39 is 0 Å². The number of nitrogens with one attached hydrogen (secondary N) is 1. The minimum absolute atomic E-state index is 0.0438. The molecule has 0 saturated carbocycles. The summed E-state index contributed by atoms with van der Waals surface area (Å²) in [5.74, 6) is -0.143. The van der Waals surface area contributed by atoms with Crippen molar-refractivity contribution in [2.75, 3.05) is 39.3 Å². The normalized spacial score (nSPS) is 23.5. The maximum atomic E-state index is 12.6. The number of nitrogens with zero attached hydrogens (tertiary/aromatic N) is 3. The first kappa shape index (κ1) is 16.1. The molecule has 23 heavy (non-hydrogen) atoms. The molecule has 126 valence electrons. The van der Waals surface area contributed by atoms with Crippen molar-refractivity contribution in [1.82, 2.24) is 19.8 Å². The maximum absolute atomic E-state index is 12.6. The van der Waals surface area contributed by atoms with Crippen LogP contribution in [0.25, 0.3) is 0 Å². The van der Waals surface area contributed by atoms with E-state index >= 15 is 0 Å². The summed E-state index contributed by atoms with van der Waals surface area (Å²) in [6, 6.07) is 0. The number of carbonyl (C=O) groups excluding carboxylic acids is 1. The molecule has 2 saturated heterocycles. The van der Waals surface area contributed by atoms with Gasteiger partial charge in [-0.1, -0.05) is 6.42 Å². The number of hydrogen-bond donors (Lipinski definition) is 1. The fourth-order valence-electron chi connectivity index (χ4n) is 3.24. The van der Waals surface area contributed by atoms with Crippen molar-refractivity contribution >= 4 is 5.91 Å². The Bertz CT molecular complexity index is 562. The zero-order valence-corrected chi connectivity index (χ0v) is 13.4. The standard InChI is InChI=1S/C16H24N4O3/c21-15-10-17-14(9-18-15)16(22)20-7-4-8-23-13(12-20)11-19-5-2-1-3-6-19/h9-10,13H,1-8,11-12H2,(H,18,21). The summed E-state index contributed by atoms with van der Waals surface area (Å²) in [5.41, 5.74) is -0.0213. The van der Waals surface area contributed by atoms with Crippen LogP contribution in [0.5, 0.6) is 0 Å². The number of aromatic nitrogens is 2. The van der Waals surface area contributed by atoms with Gasteiger partial charge in [0, 0.05) is 32.4 Å². The van der Waals surface area contributed by atoms with Crippen LogP contribution in [0.3, 0.4) is 0 Å². The number of piperidine rings is 1. The van der Waals surface area contributed by atoms with Gasteiger partial charge in [-0.25, -0.2) is 4.98 Å². The van der Waals surface area contributed by atoms with Gasteiger partial charge < -0.3 is 19.5 Å². The summed E-state index contributed by atoms with van der Waals surface area (Å²) in [6.07, 6.45) is 7.20. The van der Waals surface area contributed by atoms with Gasteiger partial charge >= 0.3 is 0 Å². The topological polar surface area (TPSA) is 78.5 Å². The van der Waals surface area contributed by atoms with Crippen LogP contribution in [-0.2, 0) is 4.74 Å². The quantitative estimate of drug-likeness (QED) is 0.877. The van der Waals surface area contributed by atoms with Crippen molar-refractivity contribution in [1.29, 1.82) is 0 Å². The summed E-state index contributed by atoms with van der Waals surface area (Å²) >= 11 is 0. The predicted octanol–water partition coefficient (Wildman–Crippen LogP) is 0.487. The van der Waals surface area contributed by atoms with Crippen molar-refractivity contribution in [2.24, 2.45) is 0 Å². The SMILES string of the molecule is O=C(c1c[nH]c(=O)cn1)N1CCCOC(CN2CCCCC2)C1. The first-order valence-corrected chi connectivity index (χ1v) is 8.40. The van der Waals surface area contributed by atoms with E-state index in [-0.39, 0.29) is 23.3 Å². The van der Waals surface area contributed by atoms with Crippen LogP contribution in [0.1, 0.15) is 36.2 Å². The smallest absolute Gasteiger partial charge is 0.274 e. The molecule has 0 spiro atoms. The molecule has 2 aliphatic heterocycles. The Kier molecular flexibility index (Phi) is 5.40. The van der Waals surface area contributed by atoms with Gasteiger partial charge in [0.05, 0.1) is 12.3 Å². The lowest BCUT2D eigenvalue weighted by atomic mass is 10.1. The molecule has 1 unspecified atom stereocenters. The molecular weight excluding hydrogens is 296 g/mol. The first-order valence-electron chi connectivity index (χ1n) is 8.40. The fraction of sp³-hybridized carbons (Fsp3) is 0.688. The third-order valence-corrected chi connectivity index (χ3v) is 4.44. The lowest BCUT2D eigenvalue weighted by Crippen LogP contribution is -2.44. The highest BCUT2D eigenvalue weighted by Gasteiger charge is 2.26. The molecule has 7 nitrogen and oxygen atoms in total. The molecule has 1 atom stereocenters. The number of rotatable bonds is 3. The van der Waals surface area contributed by atoms with E-state index in [4.69, 9.17) is 4.74 Å². The van der Waals surface area contributed by atoms with Crippen LogP contribution in [-0.4, -0.2) is 71.1 Å². The summed E-state index contributed by atoms with van der Waals surface area (Å²) in [7, 11) is 0. The second kappa shape index (κ2) is 7.70. The van der Waals surface area contributed by atoms with Crippen LogP contribution in [0.4, 0.5) is 0 Å².